The SMILES string of the molecule is O=C(c1c[nH]c(=O)[nH]1)N1CCc2sccc2C1. The molecule has 0 bridgehead atoms. The molecule has 2 N–H and O–H groups in total. The normalized spacial score (nSPS) is 14.7. The molecule has 0 aromatic carbocycles. The maximum atomic E-state index is 12.1. The van der Waals surface area contributed by atoms with Crippen LogP contribution in [0.1, 0.15) is 20.9 Å². The molecule has 3 heterocycles. The third kappa shape index (κ3) is 1.80. The zero-order chi connectivity index (χ0) is 11.8. The summed E-state index contributed by atoms with van der Waals surface area (Å²) in [5.41, 5.74) is 1.20. The molecule has 1 aliphatic rings. The summed E-state index contributed by atoms with van der Waals surface area (Å²) >= 11 is 1.74. The first-order valence-corrected chi connectivity index (χ1v) is 6.24. The Bertz CT molecular complexity index is 610. The molecule has 17 heavy (non-hydrogen) atoms. The Kier molecular flexibility index (Phi) is 2.36. The Morgan fingerprint density at radius 1 is 1.47 bits per heavy atom. The van der Waals surface area contributed by atoms with Crippen molar-refractivity contribution in [2.45, 2.75) is 13.0 Å². The summed E-state index contributed by atoms with van der Waals surface area (Å²) in [6.07, 6.45) is 2.32. The maximum Gasteiger partial charge on any atom is 0.323 e. The smallest absolute Gasteiger partial charge is 0.323 e. The Morgan fingerprint density at radius 2 is 2.35 bits per heavy atom. The summed E-state index contributed by atoms with van der Waals surface area (Å²) in [5, 5.41) is 2.05. The minimum atomic E-state index is -0.346. The van der Waals surface area contributed by atoms with Crippen LogP contribution in [-0.2, 0) is 13.0 Å². The molecule has 2 aromatic heterocycles. The number of hydrogen-bond donors (Lipinski definition) is 2. The van der Waals surface area contributed by atoms with Crippen LogP contribution >= 0.6 is 11.3 Å². The molecule has 0 aliphatic carbocycles. The van der Waals surface area contributed by atoms with E-state index in [2.05, 4.69) is 21.4 Å². The van der Waals surface area contributed by atoms with Crippen molar-refractivity contribution in [2.24, 2.45) is 0 Å². The third-order valence-corrected chi connectivity index (χ3v) is 3.94. The van der Waals surface area contributed by atoms with E-state index in [4.69, 9.17) is 0 Å². The Morgan fingerprint density at radius 3 is 3.12 bits per heavy atom. The largest absolute Gasteiger partial charge is 0.333 e. The molecule has 5 nitrogen and oxygen atoms in total. The van der Waals surface area contributed by atoms with Crippen molar-refractivity contribution >= 4 is 17.2 Å². The standard InChI is InChI=1S/C11H11N3O2S/c15-10(8-5-12-11(16)13-8)14-3-1-9-7(6-14)2-4-17-9/h2,4-5H,1,3,6H2,(H2,12,13,16). The molecule has 1 aliphatic heterocycles. The molecule has 0 saturated carbocycles. The molecule has 0 spiro atoms. The molecule has 88 valence electrons. The number of aromatic nitrogens is 2. The van der Waals surface area contributed by atoms with E-state index in [0.717, 1.165) is 6.42 Å². The molecule has 0 atom stereocenters. The van der Waals surface area contributed by atoms with Crippen LogP contribution in [-0.4, -0.2) is 27.3 Å². The summed E-state index contributed by atoms with van der Waals surface area (Å²) in [7, 11) is 0. The average molecular weight is 249 g/mol. The lowest BCUT2D eigenvalue weighted by Crippen LogP contribution is -2.35. The number of carbonyl (C=O) groups is 1. The number of imidazole rings is 1. The summed E-state index contributed by atoms with van der Waals surface area (Å²) in [4.78, 5) is 31.1. The highest BCUT2D eigenvalue weighted by Crippen LogP contribution is 2.24. The van der Waals surface area contributed by atoms with Gasteiger partial charge < -0.3 is 14.9 Å². The van der Waals surface area contributed by atoms with E-state index in [1.54, 1.807) is 16.2 Å². The van der Waals surface area contributed by atoms with Gasteiger partial charge in [0.15, 0.2) is 0 Å². The van der Waals surface area contributed by atoms with E-state index in [1.807, 2.05) is 0 Å². The summed E-state index contributed by atoms with van der Waals surface area (Å²) in [6.45, 7) is 1.34. The van der Waals surface area contributed by atoms with E-state index in [1.165, 1.54) is 16.6 Å². The molecule has 2 aromatic rings. The Balaban J connectivity index is 1.83. The van der Waals surface area contributed by atoms with Gasteiger partial charge in [0.2, 0.25) is 0 Å². The lowest BCUT2D eigenvalue weighted by molar-refractivity contribution is 0.0730. The predicted molar refractivity (Wildman–Crippen MR) is 64.2 cm³/mol. The number of aromatic amines is 2. The first-order chi connectivity index (χ1) is 8.24. The Hall–Kier alpha value is -1.82. The summed E-state index contributed by atoms with van der Waals surface area (Å²) < 4.78 is 0. The number of amides is 1. The van der Waals surface area contributed by atoms with Gasteiger partial charge in [0, 0.05) is 24.2 Å². The zero-order valence-electron chi connectivity index (χ0n) is 9.03. The van der Waals surface area contributed by atoms with Gasteiger partial charge in [-0.15, -0.1) is 11.3 Å². The summed E-state index contributed by atoms with van der Waals surface area (Å²) in [6, 6.07) is 2.05. The van der Waals surface area contributed by atoms with E-state index in [-0.39, 0.29) is 11.6 Å². The van der Waals surface area contributed by atoms with Gasteiger partial charge in [-0.05, 0) is 23.4 Å². The first-order valence-electron chi connectivity index (χ1n) is 5.36. The lowest BCUT2D eigenvalue weighted by atomic mass is 10.1. The van der Waals surface area contributed by atoms with Crippen LogP contribution in [0.3, 0.4) is 0 Å². The second kappa shape index (κ2) is 3.89. The number of hydrogen-bond acceptors (Lipinski definition) is 3. The molecule has 3 rings (SSSR count). The Labute approximate surface area is 101 Å². The molecular weight excluding hydrogens is 238 g/mol. The van der Waals surface area contributed by atoms with Crippen LogP contribution in [0.25, 0.3) is 0 Å². The molecule has 0 unspecified atom stereocenters. The zero-order valence-corrected chi connectivity index (χ0v) is 9.84. The van der Waals surface area contributed by atoms with E-state index in [0.29, 0.717) is 18.8 Å². The lowest BCUT2D eigenvalue weighted by Gasteiger charge is -2.26. The van der Waals surface area contributed by atoms with Crippen LogP contribution in [0.15, 0.2) is 22.4 Å². The van der Waals surface area contributed by atoms with Gasteiger partial charge in [0.05, 0.1) is 0 Å². The minimum Gasteiger partial charge on any atom is -0.333 e. The van der Waals surface area contributed by atoms with Gasteiger partial charge in [0.25, 0.3) is 5.91 Å². The van der Waals surface area contributed by atoms with Gasteiger partial charge in [0.1, 0.15) is 5.69 Å². The van der Waals surface area contributed by atoms with Crippen LogP contribution in [0, 0.1) is 0 Å². The van der Waals surface area contributed by atoms with E-state index < -0.39 is 0 Å². The predicted octanol–water partition coefficient (Wildman–Crippen LogP) is 0.963. The van der Waals surface area contributed by atoms with Crippen molar-refractivity contribution in [3.63, 3.8) is 0 Å². The van der Waals surface area contributed by atoms with Crippen molar-refractivity contribution in [1.82, 2.24) is 14.9 Å². The number of nitrogens with one attached hydrogen (secondary N) is 2. The quantitative estimate of drug-likeness (QED) is 0.790. The highest BCUT2D eigenvalue weighted by Gasteiger charge is 2.23. The van der Waals surface area contributed by atoms with Crippen molar-refractivity contribution < 1.29 is 4.79 Å². The average Bonchev–Trinajstić information content (AvgIpc) is 2.95. The molecular formula is C11H11N3O2S. The topological polar surface area (TPSA) is 69.0 Å². The number of H-pyrrole nitrogens is 2. The monoisotopic (exact) mass is 249 g/mol. The van der Waals surface area contributed by atoms with Gasteiger partial charge in [-0.2, -0.15) is 0 Å². The van der Waals surface area contributed by atoms with Gasteiger partial charge in [-0.1, -0.05) is 0 Å². The van der Waals surface area contributed by atoms with Gasteiger partial charge in [-0.3, -0.25) is 4.79 Å². The fourth-order valence-corrected chi connectivity index (χ4v) is 2.93. The molecule has 0 saturated heterocycles. The molecule has 1 amide bonds. The highest BCUT2D eigenvalue weighted by atomic mass is 32.1. The number of thiophene rings is 1. The maximum absolute atomic E-state index is 12.1. The molecule has 0 radical (unpaired) electrons. The van der Waals surface area contributed by atoms with Crippen LogP contribution in [0.4, 0.5) is 0 Å². The second-order valence-corrected chi connectivity index (χ2v) is 5.00. The van der Waals surface area contributed by atoms with Crippen molar-refractivity contribution in [3.8, 4) is 0 Å². The second-order valence-electron chi connectivity index (χ2n) is 4.00. The van der Waals surface area contributed by atoms with Crippen molar-refractivity contribution in [1.29, 1.82) is 0 Å². The van der Waals surface area contributed by atoms with Crippen molar-refractivity contribution in [3.05, 3.63) is 44.3 Å². The third-order valence-electron chi connectivity index (χ3n) is 2.92. The van der Waals surface area contributed by atoms with E-state index >= 15 is 0 Å². The van der Waals surface area contributed by atoms with Crippen LogP contribution in [0.5, 0.6) is 0 Å². The summed E-state index contributed by atoms with van der Waals surface area (Å²) in [5.74, 6) is -0.125. The van der Waals surface area contributed by atoms with E-state index in [9.17, 15) is 9.59 Å². The number of nitrogens with zero attached hydrogens (tertiary/aromatic N) is 1. The fraction of sp³-hybridized carbons (Fsp3) is 0.273. The van der Waals surface area contributed by atoms with Gasteiger partial charge in [-0.25, -0.2) is 4.79 Å². The van der Waals surface area contributed by atoms with Crippen LogP contribution in [0.2, 0.25) is 0 Å². The highest BCUT2D eigenvalue weighted by molar-refractivity contribution is 7.10. The van der Waals surface area contributed by atoms with Gasteiger partial charge >= 0.3 is 5.69 Å². The minimum absolute atomic E-state index is 0.125. The number of rotatable bonds is 1. The number of fused-ring (bicyclic) bond motifs is 1. The first kappa shape index (κ1) is 10.3. The van der Waals surface area contributed by atoms with Crippen molar-refractivity contribution in [2.75, 3.05) is 6.54 Å². The molecule has 0 fully saturated rings. The number of carbonyl (C=O) groups excluding carboxylic acids is 1. The fourth-order valence-electron chi connectivity index (χ4n) is 2.04. The molecule has 6 heteroatoms. The van der Waals surface area contributed by atoms with Crippen LogP contribution < -0.4 is 5.69 Å².